The summed E-state index contributed by atoms with van der Waals surface area (Å²) in [5.41, 5.74) is 4.32. The maximum atomic E-state index is 11.5. The predicted molar refractivity (Wildman–Crippen MR) is 64.5 cm³/mol. The molecule has 78 valence electrons. The molecule has 2 aromatic rings. The van der Waals surface area contributed by atoms with Crippen LogP contribution in [-0.4, -0.2) is 9.97 Å². The van der Waals surface area contributed by atoms with Crippen molar-refractivity contribution in [2.24, 2.45) is 0 Å². The molecule has 0 unspecified atom stereocenters. The number of halogens is 1. The summed E-state index contributed by atoms with van der Waals surface area (Å²) in [4.78, 5) is 18.6. The van der Waals surface area contributed by atoms with Crippen molar-refractivity contribution >= 4 is 27.0 Å². The van der Waals surface area contributed by atoms with Crippen LogP contribution in [0, 0.1) is 13.8 Å². The lowest BCUT2D eigenvalue weighted by atomic mass is 10.1. The molecular weight excluding hydrogens is 256 g/mol. The van der Waals surface area contributed by atoms with Gasteiger partial charge in [0.2, 0.25) is 0 Å². The molecule has 0 bridgehead atoms. The van der Waals surface area contributed by atoms with Gasteiger partial charge in [-0.25, -0.2) is 4.98 Å². The predicted octanol–water partition coefficient (Wildman–Crippen LogP) is 2.43. The van der Waals surface area contributed by atoms with Gasteiger partial charge in [-0.3, -0.25) is 4.79 Å². The number of hydrogen-bond acceptors (Lipinski definition) is 2. The molecule has 1 aromatic heterocycles. The number of alkyl halides is 1. The van der Waals surface area contributed by atoms with E-state index in [4.69, 9.17) is 0 Å². The highest BCUT2D eigenvalue weighted by molar-refractivity contribution is 9.08. The minimum absolute atomic E-state index is 0.114. The van der Waals surface area contributed by atoms with E-state index in [9.17, 15) is 4.79 Å². The van der Waals surface area contributed by atoms with Crippen LogP contribution >= 0.6 is 15.9 Å². The molecule has 0 amide bonds. The van der Waals surface area contributed by atoms with Crippen molar-refractivity contribution in [2.45, 2.75) is 19.2 Å². The molecule has 1 heterocycles. The maximum absolute atomic E-state index is 11.5. The van der Waals surface area contributed by atoms with Gasteiger partial charge >= 0.3 is 0 Å². The second-order valence-corrected chi connectivity index (χ2v) is 4.09. The summed E-state index contributed by atoms with van der Waals surface area (Å²) in [5, 5.41) is 0.782. The van der Waals surface area contributed by atoms with Crippen LogP contribution in [0.4, 0.5) is 0 Å². The molecule has 0 fully saturated rings. The first kappa shape index (κ1) is 10.4. The first-order valence-electron chi connectivity index (χ1n) is 4.68. The zero-order valence-electron chi connectivity index (χ0n) is 8.60. The van der Waals surface area contributed by atoms with Crippen molar-refractivity contribution in [3.05, 3.63) is 39.3 Å². The first-order chi connectivity index (χ1) is 7.13. The summed E-state index contributed by atoms with van der Waals surface area (Å²) < 4.78 is 0. The van der Waals surface area contributed by atoms with Gasteiger partial charge in [-0.2, -0.15) is 0 Å². The average Bonchev–Trinajstić information content (AvgIpc) is 2.22. The van der Waals surface area contributed by atoms with Crippen molar-refractivity contribution in [1.29, 1.82) is 0 Å². The summed E-state index contributed by atoms with van der Waals surface area (Å²) >= 11 is 3.41. The van der Waals surface area contributed by atoms with Gasteiger partial charge in [-0.05, 0) is 31.0 Å². The summed E-state index contributed by atoms with van der Waals surface area (Å²) in [7, 11) is 0. The molecule has 0 aliphatic heterocycles. The molecule has 3 nitrogen and oxygen atoms in total. The van der Waals surface area contributed by atoms with E-state index >= 15 is 0 Å². The van der Waals surface area contributed by atoms with Gasteiger partial charge in [0, 0.05) is 5.33 Å². The Labute approximate surface area is 95.7 Å². The van der Waals surface area contributed by atoms with Gasteiger partial charge < -0.3 is 4.98 Å². The Kier molecular flexibility index (Phi) is 2.61. The van der Waals surface area contributed by atoms with Crippen molar-refractivity contribution < 1.29 is 0 Å². The molecule has 0 aliphatic carbocycles. The average molecular weight is 267 g/mol. The largest absolute Gasteiger partial charge is 0.319 e. The highest BCUT2D eigenvalue weighted by Crippen LogP contribution is 2.19. The van der Waals surface area contributed by atoms with Gasteiger partial charge in [0.25, 0.3) is 5.56 Å². The standard InChI is InChI=1S/C11H11BrN2O/c1-6-8(5-12)3-4-9-10(6)14-11(15)7(2)13-9/h3-4H,5H2,1-2H3,(H,14,15). The van der Waals surface area contributed by atoms with Crippen LogP contribution in [0.15, 0.2) is 16.9 Å². The third-order valence-electron chi connectivity index (χ3n) is 2.55. The molecule has 0 atom stereocenters. The summed E-state index contributed by atoms with van der Waals surface area (Å²) in [5.74, 6) is 0. The highest BCUT2D eigenvalue weighted by Gasteiger charge is 2.05. The molecular formula is C11H11BrN2O. The van der Waals surface area contributed by atoms with E-state index in [1.165, 1.54) is 5.56 Å². The number of aryl methyl sites for hydroxylation is 2. The van der Waals surface area contributed by atoms with E-state index in [0.29, 0.717) is 5.69 Å². The smallest absolute Gasteiger partial charge is 0.269 e. The van der Waals surface area contributed by atoms with Crippen LogP contribution in [0.3, 0.4) is 0 Å². The number of nitrogens with one attached hydrogen (secondary N) is 1. The second kappa shape index (κ2) is 3.77. The monoisotopic (exact) mass is 266 g/mol. The van der Waals surface area contributed by atoms with E-state index in [0.717, 1.165) is 21.9 Å². The molecule has 0 saturated carbocycles. The molecule has 0 spiro atoms. The second-order valence-electron chi connectivity index (χ2n) is 3.53. The van der Waals surface area contributed by atoms with Gasteiger partial charge in [0.15, 0.2) is 0 Å². The lowest BCUT2D eigenvalue weighted by Gasteiger charge is -2.06. The lowest BCUT2D eigenvalue weighted by Crippen LogP contribution is -2.12. The number of H-pyrrole nitrogens is 1. The Bertz CT molecular complexity index is 575. The van der Waals surface area contributed by atoms with Crippen LogP contribution < -0.4 is 5.56 Å². The topological polar surface area (TPSA) is 45.8 Å². The Morgan fingerprint density at radius 1 is 1.40 bits per heavy atom. The minimum atomic E-state index is -0.114. The van der Waals surface area contributed by atoms with Gasteiger partial charge in [0.1, 0.15) is 5.69 Å². The zero-order valence-corrected chi connectivity index (χ0v) is 10.2. The van der Waals surface area contributed by atoms with E-state index in [1.807, 2.05) is 19.1 Å². The summed E-state index contributed by atoms with van der Waals surface area (Å²) in [6.07, 6.45) is 0. The molecule has 0 aliphatic rings. The molecule has 4 heteroatoms. The number of aromatic nitrogens is 2. The van der Waals surface area contributed by atoms with Crippen molar-refractivity contribution in [3.63, 3.8) is 0 Å². The van der Waals surface area contributed by atoms with Crippen molar-refractivity contribution in [2.75, 3.05) is 0 Å². The normalized spacial score (nSPS) is 10.9. The number of rotatable bonds is 1. The number of aromatic amines is 1. The minimum Gasteiger partial charge on any atom is -0.319 e. The molecule has 15 heavy (non-hydrogen) atoms. The fraction of sp³-hybridized carbons (Fsp3) is 0.273. The SMILES string of the molecule is Cc1nc2ccc(CBr)c(C)c2[nH]c1=O. The van der Waals surface area contributed by atoms with E-state index in [-0.39, 0.29) is 5.56 Å². The molecule has 1 N–H and O–H groups in total. The lowest BCUT2D eigenvalue weighted by molar-refractivity contribution is 1.11. The van der Waals surface area contributed by atoms with E-state index in [1.54, 1.807) is 6.92 Å². The fourth-order valence-corrected chi connectivity index (χ4v) is 2.18. The Morgan fingerprint density at radius 3 is 2.80 bits per heavy atom. The third kappa shape index (κ3) is 1.69. The highest BCUT2D eigenvalue weighted by atomic mass is 79.9. The van der Waals surface area contributed by atoms with E-state index < -0.39 is 0 Å². The van der Waals surface area contributed by atoms with Crippen molar-refractivity contribution in [1.82, 2.24) is 9.97 Å². The zero-order chi connectivity index (χ0) is 11.0. The number of nitrogens with zero attached hydrogens (tertiary/aromatic N) is 1. The molecule has 2 rings (SSSR count). The van der Waals surface area contributed by atoms with Gasteiger partial charge in [-0.1, -0.05) is 22.0 Å². The van der Waals surface area contributed by atoms with Crippen molar-refractivity contribution in [3.8, 4) is 0 Å². The summed E-state index contributed by atoms with van der Waals surface area (Å²) in [6.45, 7) is 3.71. The Hall–Kier alpha value is -1.16. The third-order valence-corrected chi connectivity index (χ3v) is 3.16. The quantitative estimate of drug-likeness (QED) is 0.806. The number of hydrogen-bond donors (Lipinski definition) is 1. The van der Waals surface area contributed by atoms with Crippen LogP contribution in [0.25, 0.3) is 11.0 Å². The summed E-state index contributed by atoms with van der Waals surface area (Å²) in [6, 6.07) is 3.96. The van der Waals surface area contributed by atoms with Crippen LogP contribution in [-0.2, 0) is 5.33 Å². The first-order valence-corrected chi connectivity index (χ1v) is 5.80. The van der Waals surface area contributed by atoms with Crippen LogP contribution in [0.2, 0.25) is 0 Å². The molecule has 0 radical (unpaired) electrons. The number of fused-ring (bicyclic) bond motifs is 1. The van der Waals surface area contributed by atoms with Gasteiger partial charge in [-0.15, -0.1) is 0 Å². The van der Waals surface area contributed by atoms with Crippen LogP contribution in [0.5, 0.6) is 0 Å². The molecule has 1 aromatic carbocycles. The van der Waals surface area contributed by atoms with Gasteiger partial charge in [0.05, 0.1) is 11.0 Å². The Balaban J connectivity index is 2.87. The fourth-order valence-electron chi connectivity index (χ4n) is 1.57. The number of benzene rings is 1. The Morgan fingerprint density at radius 2 is 2.13 bits per heavy atom. The molecule has 0 saturated heterocycles. The maximum Gasteiger partial charge on any atom is 0.269 e. The van der Waals surface area contributed by atoms with E-state index in [2.05, 4.69) is 25.9 Å². The van der Waals surface area contributed by atoms with Crippen LogP contribution in [0.1, 0.15) is 16.8 Å².